The van der Waals surface area contributed by atoms with Crippen molar-refractivity contribution in [2.45, 2.75) is 33.1 Å². The summed E-state index contributed by atoms with van der Waals surface area (Å²) < 4.78 is 4.99. The lowest BCUT2D eigenvalue weighted by atomic mass is 9.99. The predicted molar refractivity (Wildman–Crippen MR) is 82.9 cm³/mol. The average molecular weight is 290 g/mol. The summed E-state index contributed by atoms with van der Waals surface area (Å²) in [4.78, 5) is 26.1. The zero-order valence-corrected chi connectivity index (χ0v) is 12.6. The molecule has 0 spiro atoms. The van der Waals surface area contributed by atoms with Crippen LogP contribution in [0.1, 0.15) is 53.8 Å². The minimum absolute atomic E-state index is 0.126. The number of Topliss-reactive ketones (excluding diaryl/α,β-unsaturated/α-hetero) is 1. The van der Waals surface area contributed by atoms with Crippen molar-refractivity contribution in [3.8, 4) is 0 Å². The fraction of sp³-hybridized carbons (Fsp3) is 0.500. The number of ketones is 1. The Bertz CT molecular complexity index is 549. The Balaban J connectivity index is 2.45. The van der Waals surface area contributed by atoms with E-state index < -0.39 is 5.97 Å². The highest BCUT2D eigenvalue weighted by Crippen LogP contribution is 2.31. The van der Waals surface area contributed by atoms with Gasteiger partial charge in [0.2, 0.25) is 0 Å². The number of hydrogen-bond donors (Lipinski definition) is 1. The predicted octanol–water partition coefficient (Wildman–Crippen LogP) is 2.64. The lowest BCUT2D eigenvalue weighted by Gasteiger charge is -2.31. The van der Waals surface area contributed by atoms with Crippen molar-refractivity contribution >= 4 is 23.1 Å². The number of nitrogens with zero attached hydrogens (tertiary/aromatic N) is 1. The van der Waals surface area contributed by atoms with Gasteiger partial charge < -0.3 is 15.4 Å². The van der Waals surface area contributed by atoms with Crippen LogP contribution in [0.4, 0.5) is 11.4 Å². The van der Waals surface area contributed by atoms with Gasteiger partial charge in [-0.05, 0) is 45.2 Å². The summed E-state index contributed by atoms with van der Waals surface area (Å²) in [6, 6.07) is 3.47. The van der Waals surface area contributed by atoms with Crippen LogP contribution < -0.4 is 10.6 Å². The molecule has 1 aliphatic heterocycles. The van der Waals surface area contributed by atoms with Gasteiger partial charge in [0.1, 0.15) is 0 Å². The number of benzene rings is 1. The van der Waals surface area contributed by atoms with Crippen LogP contribution in [0.5, 0.6) is 0 Å². The van der Waals surface area contributed by atoms with Gasteiger partial charge in [-0.15, -0.1) is 0 Å². The standard InChI is InChI=1S/C16H22N2O3/c1-3-21-16(20)12-7-8-13(14(11(2)19)15(12)17)18-9-5-4-6-10-18/h7-8H,3-6,9-10,17H2,1-2H3. The Morgan fingerprint density at radius 3 is 2.48 bits per heavy atom. The molecular weight excluding hydrogens is 268 g/mol. The van der Waals surface area contributed by atoms with Gasteiger partial charge in [-0.25, -0.2) is 4.79 Å². The van der Waals surface area contributed by atoms with E-state index in [1.165, 1.54) is 13.3 Å². The fourth-order valence-electron chi connectivity index (χ4n) is 2.76. The summed E-state index contributed by atoms with van der Waals surface area (Å²) in [6.45, 7) is 5.33. The van der Waals surface area contributed by atoms with E-state index in [9.17, 15) is 9.59 Å². The summed E-state index contributed by atoms with van der Waals surface area (Å²) in [6.07, 6.45) is 3.43. The first-order valence-electron chi connectivity index (χ1n) is 7.41. The van der Waals surface area contributed by atoms with Crippen LogP contribution >= 0.6 is 0 Å². The second-order valence-corrected chi connectivity index (χ2v) is 5.25. The molecule has 1 fully saturated rings. The van der Waals surface area contributed by atoms with Gasteiger partial charge in [0.05, 0.1) is 23.4 Å². The van der Waals surface area contributed by atoms with Gasteiger partial charge in [-0.3, -0.25) is 4.79 Å². The molecular formula is C16H22N2O3. The number of rotatable bonds is 4. The van der Waals surface area contributed by atoms with E-state index in [4.69, 9.17) is 10.5 Å². The number of nitrogens with two attached hydrogens (primary N) is 1. The van der Waals surface area contributed by atoms with Crippen molar-refractivity contribution in [2.75, 3.05) is 30.3 Å². The maximum atomic E-state index is 12.0. The van der Waals surface area contributed by atoms with Crippen molar-refractivity contribution in [2.24, 2.45) is 0 Å². The molecule has 0 aromatic heterocycles. The summed E-state index contributed by atoms with van der Waals surface area (Å²) >= 11 is 0. The molecule has 5 heteroatoms. The molecule has 0 aliphatic carbocycles. The molecule has 0 bridgehead atoms. The lowest BCUT2D eigenvalue weighted by molar-refractivity contribution is 0.0527. The number of carbonyl (C=O) groups is 2. The SMILES string of the molecule is CCOC(=O)c1ccc(N2CCCCC2)c(C(C)=O)c1N. The van der Waals surface area contributed by atoms with E-state index in [1.54, 1.807) is 13.0 Å². The second-order valence-electron chi connectivity index (χ2n) is 5.25. The molecule has 1 aliphatic rings. The molecule has 2 rings (SSSR count). The lowest BCUT2D eigenvalue weighted by Crippen LogP contribution is -2.31. The first-order valence-corrected chi connectivity index (χ1v) is 7.41. The van der Waals surface area contributed by atoms with Crippen LogP contribution in [0.3, 0.4) is 0 Å². The second kappa shape index (κ2) is 6.61. The summed E-state index contributed by atoms with van der Waals surface area (Å²) in [5.74, 6) is -0.609. The van der Waals surface area contributed by atoms with Gasteiger partial charge >= 0.3 is 5.97 Å². The Hall–Kier alpha value is -2.04. The van der Waals surface area contributed by atoms with Gasteiger partial charge in [0.15, 0.2) is 5.78 Å². The largest absolute Gasteiger partial charge is 0.462 e. The van der Waals surface area contributed by atoms with Gasteiger partial charge in [-0.1, -0.05) is 0 Å². The van der Waals surface area contributed by atoms with Crippen LogP contribution in [0.2, 0.25) is 0 Å². The number of piperidine rings is 1. The van der Waals surface area contributed by atoms with Crippen LogP contribution in [0.15, 0.2) is 12.1 Å². The Morgan fingerprint density at radius 2 is 1.90 bits per heavy atom. The molecule has 0 unspecified atom stereocenters. The van der Waals surface area contributed by atoms with Crippen molar-refractivity contribution in [1.82, 2.24) is 0 Å². The smallest absolute Gasteiger partial charge is 0.340 e. The number of carbonyl (C=O) groups excluding carboxylic acids is 2. The summed E-state index contributed by atoms with van der Waals surface area (Å²) in [7, 11) is 0. The molecule has 1 aromatic carbocycles. The molecule has 2 N–H and O–H groups in total. The number of anilines is 2. The van der Waals surface area contributed by atoms with E-state index in [-0.39, 0.29) is 23.6 Å². The highest BCUT2D eigenvalue weighted by molar-refractivity contribution is 6.09. The Morgan fingerprint density at radius 1 is 1.24 bits per heavy atom. The van der Waals surface area contributed by atoms with E-state index in [0.29, 0.717) is 5.56 Å². The zero-order valence-electron chi connectivity index (χ0n) is 12.6. The van der Waals surface area contributed by atoms with Crippen molar-refractivity contribution in [3.63, 3.8) is 0 Å². The van der Waals surface area contributed by atoms with Crippen LogP contribution in [-0.2, 0) is 4.74 Å². The Labute approximate surface area is 125 Å². The Kier molecular flexibility index (Phi) is 4.83. The molecule has 1 saturated heterocycles. The number of esters is 1. The monoisotopic (exact) mass is 290 g/mol. The quantitative estimate of drug-likeness (QED) is 0.524. The summed E-state index contributed by atoms with van der Waals surface area (Å²) in [5, 5.41) is 0. The van der Waals surface area contributed by atoms with Crippen LogP contribution in [0, 0.1) is 0 Å². The zero-order chi connectivity index (χ0) is 15.4. The minimum atomic E-state index is -0.484. The highest BCUT2D eigenvalue weighted by atomic mass is 16.5. The van der Waals surface area contributed by atoms with E-state index in [2.05, 4.69) is 4.90 Å². The van der Waals surface area contributed by atoms with Gasteiger partial charge in [0.25, 0.3) is 0 Å². The molecule has 0 amide bonds. The van der Waals surface area contributed by atoms with Crippen LogP contribution in [-0.4, -0.2) is 31.4 Å². The van der Waals surface area contributed by atoms with Gasteiger partial charge in [-0.2, -0.15) is 0 Å². The van der Waals surface area contributed by atoms with E-state index in [0.717, 1.165) is 31.6 Å². The molecule has 0 atom stereocenters. The number of nitrogen functional groups attached to an aromatic ring is 1. The molecule has 1 heterocycles. The van der Waals surface area contributed by atoms with E-state index >= 15 is 0 Å². The molecule has 1 aromatic rings. The summed E-state index contributed by atoms with van der Waals surface area (Å²) in [5.41, 5.74) is 7.83. The normalized spacial score (nSPS) is 14.9. The third-order valence-electron chi connectivity index (χ3n) is 3.77. The first kappa shape index (κ1) is 15.4. The third kappa shape index (κ3) is 3.17. The molecule has 0 radical (unpaired) electrons. The fourth-order valence-corrected chi connectivity index (χ4v) is 2.76. The maximum absolute atomic E-state index is 12.0. The highest BCUT2D eigenvalue weighted by Gasteiger charge is 2.23. The third-order valence-corrected chi connectivity index (χ3v) is 3.77. The topological polar surface area (TPSA) is 72.6 Å². The van der Waals surface area contributed by atoms with Crippen molar-refractivity contribution < 1.29 is 14.3 Å². The number of hydrogen-bond acceptors (Lipinski definition) is 5. The van der Waals surface area contributed by atoms with Gasteiger partial charge in [0, 0.05) is 18.8 Å². The molecule has 114 valence electrons. The average Bonchev–Trinajstić information content (AvgIpc) is 2.47. The van der Waals surface area contributed by atoms with Crippen molar-refractivity contribution in [1.29, 1.82) is 0 Å². The first-order chi connectivity index (χ1) is 10.1. The van der Waals surface area contributed by atoms with Crippen molar-refractivity contribution in [3.05, 3.63) is 23.3 Å². The molecule has 21 heavy (non-hydrogen) atoms. The maximum Gasteiger partial charge on any atom is 0.340 e. The molecule has 0 saturated carbocycles. The number of ether oxygens (including phenoxy) is 1. The van der Waals surface area contributed by atoms with Crippen LogP contribution in [0.25, 0.3) is 0 Å². The van der Waals surface area contributed by atoms with E-state index in [1.807, 2.05) is 6.07 Å². The minimum Gasteiger partial charge on any atom is -0.462 e. The molecule has 5 nitrogen and oxygen atoms in total.